The molecule has 2 N–H and O–H groups in total. The lowest BCUT2D eigenvalue weighted by Gasteiger charge is -2.23. The van der Waals surface area contributed by atoms with Gasteiger partial charge in [-0.3, -0.25) is 0 Å². The molecular formula is C11H16BrNO. The number of rotatable bonds is 1. The van der Waals surface area contributed by atoms with Gasteiger partial charge in [0.15, 0.2) is 0 Å². The monoisotopic (exact) mass is 257 g/mol. The van der Waals surface area contributed by atoms with Crippen molar-refractivity contribution in [1.82, 2.24) is 5.32 Å². The summed E-state index contributed by atoms with van der Waals surface area (Å²) in [7, 11) is 0. The van der Waals surface area contributed by atoms with Crippen molar-refractivity contribution in [2.45, 2.75) is 18.8 Å². The molecule has 1 aromatic carbocycles. The van der Waals surface area contributed by atoms with E-state index in [0.717, 1.165) is 18.7 Å². The average molecular weight is 258 g/mol. The van der Waals surface area contributed by atoms with Crippen LogP contribution in [0.3, 0.4) is 0 Å². The molecular weight excluding hydrogens is 242 g/mol. The number of phenols is 1. The van der Waals surface area contributed by atoms with Crippen molar-refractivity contribution in [2.75, 3.05) is 13.1 Å². The van der Waals surface area contributed by atoms with Crippen molar-refractivity contribution in [3.05, 3.63) is 29.8 Å². The molecule has 1 heterocycles. The lowest BCUT2D eigenvalue weighted by molar-refractivity contribution is 0.425. The number of nitrogens with one attached hydrogen (secondary N) is 1. The molecule has 1 unspecified atom stereocenters. The number of hydrogen-bond donors (Lipinski definition) is 2. The average Bonchev–Trinajstić information content (AvgIpc) is 2.20. The number of aromatic hydroxyl groups is 1. The minimum absolute atomic E-state index is 0. The second-order valence-electron chi connectivity index (χ2n) is 3.60. The second-order valence-corrected chi connectivity index (χ2v) is 3.60. The molecule has 1 fully saturated rings. The highest BCUT2D eigenvalue weighted by Gasteiger charge is 2.17. The van der Waals surface area contributed by atoms with Gasteiger partial charge in [0.2, 0.25) is 0 Å². The summed E-state index contributed by atoms with van der Waals surface area (Å²) in [6, 6.07) is 7.65. The van der Waals surface area contributed by atoms with E-state index in [1.54, 1.807) is 6.07 Å². The summed E-state index contributed by atoms with van der Waals surface area (Å²) in [6.07, 6.45) is 2.39. The molecule has 0 bridgehead atoms. The van der Waals surface area contributed by atoms with Crippen LogP contribution in [-0.2, 0) is 0 Å². The Labute approximate surface area is 95.1 Å². The molecule has 1 saturated heterocycles. The molecule has 1 aliphatic heterocycles. The summed E-state index contributed by atoms with van der Waals surface area (Å²) in [5.41, 5.74) is 1.09. The first-order valence-corrected chi connectivity index (χ1v) is 4.86. The Morgan fingerprint density at radius 2 is 2.07 bits per heavy atom. The molecule has 1 aromatic rings. The Morgan fingerprint density at radius 1 is 1.29 bits per heavy atom. The molecule has 0 spiro atoms. The maximum absolute atomic E-state index is 9.63. The quantitative estimate of drug-likeness (QED) is 0.810. The van der Waals surface area contributed by atoms with Crippen molar-refractivity contribution in [2.24, 2.45) is 0 Å². The zero-order chi connectivity index (χ0) is 9.10. The van der Waals surface area contributed by atoms with Gasteiger partial charge in [-0.05, 0) is 31.0 Å². The van der Waals surface area contributed by atoms with Crippen LogP contribution in [0, 0.1) is 0 Å². The van der Waals surface area contributed by atoms with Crippen molar-refractivity contribution < 1.29 is 5.11 Å². The van der Waals surface area contributed by atoms with E-state index < -0.39 is 0 Å². The molecule has 14 heavy (non-hydrogen) atoms. The van der Waals surface area contributed by atoms with Gasteiger partial charge < -0.3 is 10.4 Å². The Hall–Kier alpha value is -0.540. The minimum atomic E-state index is 0. The molecule has 0 aliphatic carbocycles. The van der Waals surface area contributed by atoms with E-state index >= 15 is 0 Å². The number of benzene rings is 1. The molecule has 0 saturated carbocycles. The number of hydrogen-bond acceptors (Lipinski definition) is 2. The standard InChI is InChI=1S/C11H15NO.BrH/c13-11-6-2-1-5-10(11)9-4-3-7-12-8-9;/h1-2,5-6,9,12-13H,3-4,7-8H2;1H. The van der Waals surface area contributed by atoms with Gasteiger partial charge in [0.1, 0.15) is 5.75 Å². The highest BCUT2D eigenvalue weighted by molar-refractivity contribution is 8.93. The van der Waals surface area contributed by atoms with Gasteiger partial charge in [-0.25, -0.2) is 0 Å². The third kappa shape index (κ3) is 2.49. The van der Waals surface area contributed by atoms with E-state index in [9.17, 15) is 5.11 Å². The summed E-state index contributed by atoms with van der Waals surface area (Å²) in [4.78, 5) is 0. The van der Waals surface area contributed by atoms with Crippen LogP contribution in [0.15, 0.2) is 24.3 Å². The van der Waals surface area contributed by atoms with E-state index in [0.29, 0.717) is 11.7 Å². The van der Waals surface area contributed by atoms with E-state index in [-0.39, 0.29) is 17.0 Å². The molecule has 1 atom stereocenters. The Balaban J connectivity index is 0.000000980. The van der Waals surface area contributed by atoms with Crippen molar-refractivity contribution in [1.29, 1.82) is 0 Å². The van der Waals surface area contributed by atoms with E-state index in [2.05, 4.69) is 5.32 Å². The SMILES string of the molecule is Br.Oc1ccccc1C1CCCNC1. The molecule has 0 amide bonds. The van der Waals surface area contributed by atoms with Crippen LogP contribution in [0.5, 0.6) is 5.75 Å². The molecule has 1 aliphatic rings. The summed E-state index contributed by atoms with van der Waals surface area (Å²) in [6.45, 7) is 2.11. The van der Waals surface area contributed by atoms with E-state index in [4.69, 9.17) is 0 Å². The van der Waals surface area contributed by atoms with Crippen LogP contribution in [0.1, 0.15) is 24.3 Å². The Kier molecular flexibility index (Phi) is 4.42. The van der Waals surface area contributed by atoms with E-state index in [1.165, 1.54) is 12.8 Å². The Bertz CT molecular complexity index is 284. The minimum Gasteiger partial charge on any atom is -0.508 e. The number of halogens is 1. The number of piperidine rings is 1. The van der Waals surface area contributed by atoms with Crippen LogP contribution in [0.25, 0.3) is 0 Å². The van der Waals surface area contributed by atoms with Gasteiger partial charge in [-0.1, -0.05) is 18.2 Å². The summed E-state index contributed by atoms with van der Waals surface area (Å²) in [5, 5.41) is 13.0. The molecule has 2 rings (SSSR count). The first-order valence-electron chi connectivity index (χ1n) is 4.86. The van der Waals surface area contributed by atoms with Crippen LogP contribution < -0.4 is 5.32 Å². The normalized spacial score (nSPS) is 21.3. The predicted octanol–water partition coefficient (Wildman–Crippen LogP) is 2.44. The van der Waals surface area contributed by atoms with Crippen molar-refractivity contribution in [3.8, 4) is 5.75 Å². The topological polar surface area (TPSA) is 32.3 Å². The van der Waals surface area contributed by atoms with Crippen molar-refractivity contribution in [3.63, 3.8) is 0 Å². The molecule has 2 nitrogen and oxygen atoms in total. The maximum atomic E-state index is 9.63. The fraction of sp³-hybridized carbons (Fsp3) is 0.455. The summed E-state index contributed by atoms with van der Waals surface area (Å²) >= 11 is 0. The predicted molar refractivity (Wildman–Crippen MR) is 63.3 cm³/mol. The molecule has 0 radical (unpaired) electrons. The summed E-state index contributed by atoms with van der Waals surface area (Å²) in [5.74, 6) is 0.936. The second kappa shape index (κ2) is 5.37. The van der Waals surface area contributed by atoms with Crippen molar-refractivity contribution >= 4 is 17.0 Å². The lowest BCUT2D eigenvalue weighted by atomic mass is 9.91. The first kappa shape index (κ1) is 11.5. The third-order valence-electron chi connectivity index (χ3n) is 2.67. The highest BCUT2D eigenvalue weighted by atomic mass is 79.9. The maximum Gasteiger partial charge on any atom is 0.119 e. The largest absolute Gasteiger partial charge is 0.508 e. The zero-order valence-corrected chi connectivity index (χ0v) is 9.78. The fourth-order valence-electron chi connectivity index (χ4n) is 1.95. The fourth-order valence-corrected chi connectivity index (χ4v) is 1.95. The van der Waals surface area contributed by atoms with Gasteiger partial charge in [0.05, 0.1) is 0 Å². The zero-order valence-electron chi connectivity index (χ0n) is 8.07. The van der Waals surface area contributed by atoms with Crippen LogP contribution >= 0.6 is 17.0 Å². The van der Waals surface area contributed by atoms with Crippen LogP contribution in [0.2, 0.25) is 0 Å². The number of para-hydroxylation sites is 1. The third-order valence-corrected chi connectivity index (χ3v) is 2.67. The molecule has 0 aromatic heterocycles. The smallest absolute Gasteiger partial charge is 0.119 e. The van der Waals surface area contributed by atoms with Gasteiger partial charge in [-0.2, -0.15) is 0 Å². The Morgan fingerprint density at radius 3 is 2.71 bits per heavy atom. The van der Waals surface area contributed by atoms with Gasteiger partial charge in [-0.15, -0.1) is 17.0 Å². The molecule has 3 heteroatoms. The van der Waals surface area contributed by atoms with Gasteiger partial charge in [0, 0.05) is 12.5 Å². The van der Waals surface area contributed by atoms with Gasteiger partial charge in [0.25, 0.3) is 0 Å². The molecule has 78 valence electrons. The summed E-state index contributed by atoms with van der Waals surface area (Å²) < 4.78 is 0. The first-order chi connectivity index (χ1) is 6.38. The highest BCUT2D eigenvalue weighted by Crippen LogP contribution is 2.29. The van der Waals surface area contributed by atoms with Crippen LogP contribution in [0.4, 0.5) is 0 Å². The number of phenolic OH excluding ortho intramolecular Hbond substituents is 1. The van der Waals surface area contributed by atoms with Gasteiger partial charge >= 0.3 is 0 Å². The van der Waals surface area contributed by atoms with E-state index in [1.807, 2.05) is 18.2 Å². The lowest BCUT2D eigenvalue weighted by Crippen LogP contribution is -2.28. The van der Waals surface area contributed by atoms with Crippen LogP contribution in [-0.4, -0.2) is 18.2 Å².